The molecule has 0 saturated heterocycles. The van der Waals surface area contributed by atoms with Crippen molar-refractivity contribution in [2.45, 2.75) is 31.7 Å². The van der Waals surface area contributed by atoms with Crippen LogP contribution < -0.4 is 4.74 Å². The number of hydrogen-bond acceptors (Lipinski definition) is 5. The maximum absolute atomic E-state index is 14.1. The minimum atomic E-state index is -4.59. The molecule has 1 aliphatic heterocycles. The summed E-state index contributed by atoms with van der Waals surface area (Å²) in [5.74, 6) is -1.74. The van der Waals surface area contributed by atoms with Crippen LogP contribution in [0.2, 0.25) is 5.15 Å². The van der Waals surface area contributed by atoms with E-state index < -0.39 is 36.6 Å². The first-order valence-corrected chi connectivity index (χ1v) is 8.28. The SMILES string of the molecule is CC(c1cnc(OCC(F)(F)F)c(F)c1)N1Cc2c(ccnc2Cl)C1C=O. The number of aldehydes is 1. The van der Waals surface area contributed by atoms with E-state index in [0.717, 1.165) is 17.9 Å². The van der Waals surface area contributed by atoms with Crippen molar-refractivity contribution in [3.05, 3.63) is 52.2 Å². The molecule has 3 heterocycles. The second-order valence-electron chi connectivity index (χ2n) is 6.06. The molecule has 2 aromatic rings. The van der Waals surface area contributed by atoms with Crippen LogP contribution in [0, 0.1) is 5.82 Å². The summed E-state index contributed by atoms with van der Waals surface area (Å²) < 4.78 is 55.1. The maximum Gasteiger partial charge on any atom is 0.422 e. The predicted molar refractivity (Wildman–Crippen MR) is 87.8 cm³/mol. The van der Waals surface area contributed by atoms with Crippen LogP contribution in [0.15, 0.2) is 24.5 Å². The summed E-state index contributed by atoms with van der Waals surface area (Å²) in [6.07, 6.45) is -1.11. The van der Waals surface area contributed by atoms with Gasteiger partial charge >= 0.3 is 6.18 Å². The van der Waals surface area contributed by atoms with Crippen molar-refractivity contribution < 1.29 is 27.1 Å². The number of carbonyl (C=O) groups is 1. The molecule has 0 N–H and O–H groups in total. The minimum Gasteiger partial charge on any atom is -0.466 e. The molecule has 144 valence electrons. The van der Waals surface area contributed by atoms with Gasteiger partial charge in [0.15, 0.2) is 12.4 Å². The summed E-state index contributed by atoms with van der Waals surface area (Å²) in [6, 6.07) is 1.69. The van der Waals surface area contributed by atoms with Crippen molar-refractivity contribution in [1.82, 2.24) is 14.9 Å². The van der Waals surface area contributed by atoms with Crippen LogP contribution >= 0.6 is 11.6 Å². The fourth-order valence-electron chi connectivity index (χ4n) is 3.02. The Kier molecular flexibility index (Phi) is 5.34. The smallest absolute Gasteiger partial charge is 0.422 e. The Morgan fingerprint density at radius 2 is 2.19 bits per heavy atom. The van der Waals surface area contributed by atoms with E-state index >= 15 is 0 Å². The van der Waals surface area contributed by atoms with E-state index in [1.807, 2.05) is 0 Å². The maximum atomic E-state index is 14.1. The second kappa shape index (κ2) is 7.40. The monoisotopic (exact) mass is 403 g/mol. The lowest BCUT2D eigenvalue weighted by molar-refractivity contribution is -0.154. The molecule has 27 heavy (non-hydrogen) atoms. The Bertz CT molecular complexity index is 863. The molecule has 2 atom stereocenters. The molecule has 0 saturated carbocycles. The average molecular weight is 404 g/mol. The van der Waals surface area contributed by atoms with E-state index in [1.54, 1.807) is 17.9 Å². The first-order valence-electron chi connectivity index (χ1n) is 7.90. The minimum absolute atomic E-state index is 0.286. The van der Waals surface area contributed by atoms with Gasteiger partial charge in [0.25, 0.3) is 5.88 Å². The van der Waals surface area contributed by atoms with Gasteiger partial charge in [0.05, 0.1) is 6.04 Å². The van der Waals surface area contributed by atoms with E-state index in [1.165, 1.54) is 12.4 Å². The Morgan fingerprint density at radius 1 is 1.44 bits per heavy atom. The van der Waals surface area contributed by atoms with Gasteiger partial charge in [-0.2, -0.15) is 13.2 Å². The average Bonchev–Trinajstić information content (AvgIpc) is 2.99. The Balaban J connectivity index is 1.82. The van der Waals surface area contributed by atoms with E-state index in [0.29, 0.717) is 17.7 Å². The summed E-state index contributed by atoms with van der Waals surface area (Å²) in [6.45, 7) is 0.420. The van der Waals surface area contributed by atoms with E-state index in [9.17, 15) is 22.4 Å². The summed E-state index contributed by atoms with van der Waals surface area (Å²) in [5, 5.41) is 0.286. The number of halogens is 5. The molecule has 2 aromatic heterocycles. The molecule has 2 unspecified atom stereocenters. The van der Waals surface area contributed by atoms with Gasteiger partial charge in [-0.25, -0.2) is 14.4 Å². The van der Waals surface area contributed by atoms with Gasteiger partial charge in [0, 0.05) is 30.5 Å². The number of pyridine rings is 2. The number of fused-ring (bicyclic) bond motifs is 1. The van der Waals surface area contributed by atoms with Crippen molar-refractivity contribution >= 4 is 17.9 Å². The zero-order chi connectivity index (χ0) is 19.8. The Labute approximate surface area is 156 Å². The van der Waals surface area contributed by atoms with E-state index in [2.05, 4.69) is 14.7 Å². The zero-order valence-corrected chi connectivity index (χ0v) is 14.8. The molecule has 5 nitrogen and oxygen atoms in total. The molecule has 0 aliphatic carbocycles. The lowest BCUT2D eigenvalue weighted by atomic mass is 10.1. The molecule has 1 aliphatic rings. The van der Waals surface area contributed by atoms with Crippen LogP contribution in [0.4, 0.5) is 17.6 Å². The number of hydrogen-bond donors (Lipinski definition) is 0. The van der Waals surface area contributed by atoms with Crippen LogP contribution in [0.1, 0.15) is 35.7 Å². The normalized spacial score (nSPS) is 18.2. The van der Waals surface area contributed by atoms with Crippen LogP contribution in [0.5, 0.6) is 5.88 Å². The fourth-order valence-corrected chi connectivity index (χ4v) is 3.24. The van der Waals surface area contributed by atoms with E-state index in [-0.39, 0.29) is 5.15 Å². The first-order chi connectivity index (χ1) is 12.7. The van der Waals surface area contributed by atoms with E-state index in [4.69, 9.17) is 11.6 Å². The largest absolute Gasteiger partial charge is 0.466 e. The highest BCUT2D eigenvalue weighted by atomic mass is 35.5. The Morgan fingerprint density at radius 3 is 2.81 bits per heavy atom. The number of carbonyl (C=O) groups excluding carboxylic acids is 1. The highest BCUT2D eigenvalue weighted by Gasteiger charge is 2.35. The summed E-state index contributed by atoms with van der Waals surface area (Å²) in [5.41, 5.74) is 1.81. The Hall–Kier alpha value is -2.26. The number of rotatable bonds is 5. The second-order valence-corrected chi connectivity index (χ2v) is 6.42. The lowest BCUT2D eigenvalue weighted by Gasteiger charge is -2.28. The predicted octanol–water partition coefficient (Wildman–Crippen LogP) is 4.03. The third-order valence-corrected chi connectivity index (χ3v) is 4.69. The molecule has 0 bridgehead atoms. The van der Waals surface area contributed by atoms with Crippen molar-refractivity contribution in [2.24, 2.45) is 0 Å². The molecule has 0 amide bonds. The van der Waals surface area contributed by atoms with Crippen LogP contribution in [-0.4, -0.2) is 33.9 Å². The third kappa shape index (κ3) is 4.03. The van der Waals surface area contributed by atoms with Gasteiger partial charge in [-0.1, -0.05) is 11.6 Å². The number of aromatic nitrogens is 2. The summed E-state index contributed by atoms with van der Waals surface area (Å²) in [4.78, 5) is 21.0. The lowest BCUT2D eigenvalue weighted by Crippen LogP contribution is -2.27. The van der Waals surface area contributed by atoms with Crippen LogP contribution in [0.25, 0.3) is 0 Å². The zero-order valence-electron chi connectivity index (χ0n) is 14.0. The number of nitrogens with zero attached hydrogens (tertiary/aromatic N) is 3. The van der Waals surface area contributed by atoms with Crippen molar-refractivity contribution in [3.8, 4) is 5.88 Å². The number of alkyl halides is 3. The topological polar surface area (TPSA) is 55.3 Å². The molecule has 3 rings (SSSR count). The van der Waals surface area contributed by atoms with Crippen molar-refractivity contribution in [3.63, 3.8) is 0 Å². The summed E-state index contributed by atoms with van der Waals surface area (Å²) >= 11 is 6.09. The molecular weight excluding hydrogens is 390 g/mol. The van der Waals surface area contributed by atoms with Gasteiger partial charge in [-0.3, -0.25) is 4.90 Å². The van der Waals surface area contributed by atoms with Gasteiger partial charge in [-0.05, 0) is 30.2 Å². The number of ether oxygens (including phenoxy) is 1. The molecular formula is C17H14ClF4N3O2. The molecule has 0 radical (unpaired) electrons. The van der Waals surface area contributed by atoms with Gasteiger partial charge in [0.1, 0.15) is 11.4 Å². The van der Waals surface area contributed by atoms with Crippen LogP contribution in [-0.2, 0) is 11.3 Å². The quantitative estimate of drug-likeness (QED) is 0.428. The molecule has 0 spiro atoms. The summed E-state index contributed by atoms with van der Waals surface area (Å²) in [7, 11) is 0. The molecule has 0 fully saturated rings. The third-order valence-electron chi connectivity index (χ3n) is 4.37. The van der Waals surface area contributed by atoms with Crippen molar-refractivity contribution in [2.75, 3.05) is 6.61 Å². The van der Waals surface area contributed by atoms with Gasteiger partial charge < -0.3 is 9.53 Å². The van der Waals surface area contributed by atoms with Crippen molar-refractivity contribution in [1.29, 1.82) is 0 Å². The van der Waals surface area contributed by atoms with Gasteiger partial charge in [0.2, 0.25) is 0 Å². The van der Waals surface area contributed by atoms with Crippen LogP contribution in [0.3, 0.4) is 0 Å². The highest BCUT2D eigenvalue weighted by Crippen LogP contribution is 2.40. The first kappa shape index (κ1) is 19.5. The highest BCUT2D eigenvalue weighted by molar-refractivity contribution is 6.30. The molecule has 10 heteroatoms. The standard InChI is InChI=1S/C17H14ClF4N3O2/c1-9(10-4-13(19)16(24-5-10)27-8-17(20,21)22)25-6-12-11(14(25)7-26)2-3-23-15(12)18/h2-5,7,9,14H,6,8H2,1H3. The fraction of sp³-hybridized carbons (Fsp3) is 0.353. The van der Waals surface area contributed by atoms with Gasteiger partial charge in [-0.15, -0.1) is 0 Å². The molecule has 0 aromatic carbocycles.